The van der Waals surface area contributed by atoms with Crippen molar-refractivity contribution in [2.45, 2.75) is 6.61 Å². The minimum Gasteiger partial charge on any atom is -0.493 e. The van der Waals surface area contributed by atoms with Gasteiger partial charge in [0, 0.05) is 6.08 Å². The number of alkyl halides is 2. The minimum atomic E-state index is -3.00. The van der Waals surface area contributed by atoms with Crippen LogP contribution in [-0.2, 0) is 14.3 Å². The molecule has 2 aromatic carbocycles. The maximum absolute atomic E-state index is 12.3. The zero-order valence-corrected chi connectivity index (χ0v) is 17.5. The molecule has 2 rings (SSSR count). The van der Waals surface area contributed by atoms with E-state index in [9.17, 15) is 18.4 Å². The first-order valence-corrected chi connectivity index (χ1v) is 9.25. The molecule has 0 saturated heterocycles. The van der Waals surface area contributed by atoms with E-state index in [1.807, 2.05) is 0 Å². The molecule has 1 N–H and O–H groups in total. The molecule has 0 aliphatic heterocycles. The molecule has 0 radical (unpaired) electrons. The van der Waals surface area contributed by atoms with Gasteiger partial charge in [-0.25, -0.2) is 4.79 Å². The number of carbonyl (C=O) groups is 2. The molecule has 0 aliphatic carbocycles. The molecule has 11 heteroatoms. The van der Waals surface area contributed by atoms with E-state index < -0.39 is 25.1 Å². The van der Waals surface area contributed by atoms with Crippen LogP contribution in [0.2, 0.25) is 15.1 Å². The van der Waals surface area contributed by atoms with Gasteiger partial charge >= 0.3 is 12.6 Å². The third kappa shape index (κ3) is 7.05. The second kappa shape index (κ2) is 11.0. The van der Waals surface area contributed by atoms with Crippen molar-refractivity contribution >= 4 is 58.4 Å². The molecule has 160 valence electrons. The normalized spacial score (nSPS) is 10.9. The van der Waals surface area contributed by atoms with Crippen molar-refractivity contribution in [3.63, 3.8) is 0 Å². The Morgan fingerprint density at radius 2 is 1.77 bits per heavy atom. The van der Waals surface area contributed by atoms with Crippen molar-refractivity contribution in [1.82, 2.24) is 0 Å². The van der Waals surface area contributed by atoms with E-state index in [4.69, 9.17) is 44.3 Å². The van der Waals surface area contributed by atoms with Gasteiger partial charge in [0.25, 0.3) is 5.91 Å². The van der Waals surface area contributed by atoms with Gasteiger partial charge in [0.15, 0.2) is 18.1 Å². The van der Waals surface area contributed by atoms with E-state index in [1.165, 1.54) is 43.5 Å². The van der Waals surface area contributed by atoms with Crippen LogP contribution >= 0.6 is 34.8 Å². The second-order valence-corrected chi connectivity index (χ2v) is 6.75. The molecule has 0 unspecified atom stereocenters. The lowest BCUT2D eigenvalue weighted by Crippen LogP contribution is -2.20. The van der Waals surface area contributed by atoms with Crippen LogP contribution in [0.3, 0.4) is 0 Å². The van der Waals surface area contributed by atoms with Gasteiger partial charge < -0.3 is 19.5 Å². The fourth-order valence-corrected chi connectivity index (χ4v) is 2.73. The summed E-state index contributed by atoms with van der Waals surface area (Å²) in [6.45, 7) is -3.58. The number of carbonyl (C=O) groups excluding carboxylic acids is 2. The SMILES string of the molecule is COc1cc(/C=C/C(=O)OCC(=O)Nc2cc(Cl)c(Cl)cc2Cl)ccc1OC(F)F. The summed E-state index contributed by atoms with van der Waals surface area (Å²) >= 11 is 17.6. The lowest BCUT2D eigenvalue weighted by atomic mass is 10.2. The Morgan fingerprint density at radius 3 is 2.43 bits per heavy atom. The maximum atomic E-state index is 12.3. The van der Waals surface area contributed by atoms with Crippen LogP contribution in [0.4, 0.5) is 14.5 Å². The number of ether oxygens (including phenoxy) is 3. The summed E-state index contributed by atoms with van der Waals surface area (Å²) in [5.74, 6) is -1.54. The van der Waals surface area contributed by atoms with Gasteiger partial charge in [-0.1, -0.05) is 40.9 Å². The van der Waals surface area contributed by atoms with E-state index in [1.54, 1.807) is 0 Å². The Kier molecular flexibility index (Phi) is 8.71. The van der Waals surface area contributed by atoms with Crippen LogP contribution in [0.15, 0.2) is 36.4 Å². The molecule has 0 saturated carbocycles. The number of esters is 1. The standard InChI is InChI=1S/C19H14Cl3F2NO5/c1-28-16-6-10(2-4-15(16)30-19(23)24)3-5-18(27)29-9-17(26)25-14-8-12(21)11(20)7-13(14)22/h2-8,19H,9H2,1H3,(H,25,26)/b5-3+. The monoisotopic (exact) mass is 479 g/mol. The van der Waals surface area contributed by atoms with Gasteiger partial charge in [0.2, 0.25) is 0 Å². The molecule has 1 amide bonds. The van der Waals surface area contributed by atoms with Crippen LogP contribution in [0.5, 0.6) is 11.5 Å². The largest absolute Gasteiger partial charge is 0.493 e. The number of methoxy groups -OCH3 is 1. The highest BCUT2D eigenvalue weighted by Crippen LogP contribution is 2.32. The summed E-state index contributed by atoms with van der Waals surface area (Å²) in [6, 6.07) is 6.82. The zero-order valence-electron chi connectivity index (χ0n) is 15.3. The molecule has 0 bridgehead atoms. The quantitative estimate of drug-likeness (QED) is 0.309. The van der Waals surface area contributed by atoms with Crippen molar-refractivity contribution in [2.75, 3.05) is 19.0 Å². The fraction of sp³-hybridized carbons (Fsp3) is 0.158. The molecule has 6 nitrogen and oxygen atoms in total. The lowest BCUT2D eigenvalue weighted by molar-refractivity contribution is -0.142. The summed E-state index contributed by atoms with van der Waals surface area (Å²) < 4.78 is 38.8. The smallest absolute Gasteiger partial charge is 0.387 e. The Morgan fingerprint density at radius 1 is 1.07 bits per heavy atom. The minimum absolute atomic E-state index is 0.0590. The Labute approximate surface area is 185 Å². The van der Waals surface area contributed by atoms with Crippen molar-refractivity contribution in [2.24, 2.45) is 0 Å². The summed E-state index contributed by atoms with van der Waals surface area (Å²) in [7, 11) is 1.29. The molecule has 2 aromatic rings. The van der Waals surface area contributed by atoms with Gasteiger partial charge in [-0.2, -0.15) is 8.78 Å². The van der Waals surface area contributed by atoms with E-state index in [-0.39, 0.29) is 32.3 Å². The molecule has 0 atom stereocenters. The Hall–Kier alpha value is -2.55. The maximum Gasteiger partial charge on any atom is 0.387 e. The highest BCUT2D eigenvalue weighted by atomic mass is 35.5. The first-order chi connectivity index (χ1) is 14.2. The predicted octanol–water partition coefficient (Wildman–Crippen LogP) is 5.45. The molecule has 0 fully saturated rings. The van der Waals surface area contributed by atoms with Gasteiger partial charge in [0.05, 0.1) is 27.9 Å². The van der Waals surface area contributed by atoms with Gasteiger partial charge in [-0.3, -0.25) is 4.79 Å². The van der Waals surface area contributed by atoms with Crippen LogP contribution in [0.25, 0.3) is 6.08 Å². The number of nitrogens with one attached hydrogen (secondary N) is 1. The lowest BCUT2D eigenvalue weighted by Gasteiger charge is -2.10. The molecule has 0 aromatic heterocycles. The number of amides is 1. The van der Waals surface area contributed by atoms with E-state index >= 15 is 0 Å². The third-order valence-corrected chi connectivity index (χ3v) is 4.48. The van der Waals surface area contributed by atoms with Crippen molar-refractivity contribution < 1.29 is 32.6 Å². The van der Waals surface area contributed by atoms with Crippen molar-refractivity contribution in [1.29, 1.82) is 0 Å². The number of benzene rings is 2. The number of hydrogen-bond acceptors (Lipinski definition) is 5. The predicted molar refractivity (Wildman–Crippen MR) is 110 cm³/mol. The first kappa shape index (κ1) is 23.7. The molecule has 0 aliphatic rings. The van der Waals surface area contributed by atoms with Crippen LogP contribution < -0.4 is 14.8 Å². The molecule has 0 spiro atoms. The molecular weight excluding hydrogens is 467 g/mol. The summed E-state index contributed by atoms with van der Waals surface area (Å²) in [6.07, 6.45) is 2.41. The Bertz CT molecular complexity index is 969. The second-order valence-electron chi connectivity index (χ2n) is 5.52. The van der Waals surface area contributed by atoms with Gasteiger partial charge in [-0.05, 0) is 35.9 Å². The van der Waals surface area contributed by atoms with Crippen molar-refractivity contribution in [3.8, 4) is 11.5 Å². The van der Waals surface area contributed by atoms with E-state index in [2.05, 4.69) is 10.1 Å². The highest BCUT2D eigenvalue weighted by molar-refractivity contribution is 6.44. The van der Waals surface area contributed by atoms with E-state index in [0.29, 0.717) is 5.56 Å². The zero-order chi connectivity index (χ0) is 22.3. The number of hydrogen-bond donors (Lipinski definition) is 1. The van der Waals surface area contributed by atoms with Gasteiger partial charge in [0.1, 0.15) is 0 Å². The molecule has 0 heterocycles. The van der Waals surface area contributed by atoms with Crippen LogP contribution in [0, 0.1) is 0 Å². The van der Waals surface area contributed by atoms with E-state index in [0.717, 1.165) is 6.08 Å². The summed E-state index contributed by atoms with van der Waals surface area (Å²) in [5, 5.41) is 3.02. The third-order valence-electron chi connectivity index (χ3n) is 3.45. The van der Waals surface area contributed by atoms with Crippen molar-refractivity contribution in [3.05, 3.63) is 57.0 Å². The topological polar surface area (TPSA) is 73.9 Å². The van der Waals surface area contributed by atoms with Crippen LogP contribution in [0.1, 0.15) is 5.56 Å². The first-order valence-electron chi connectivity index (χ1n) is 8.11. The van der Waals surface area contributed by atoms with Gasteiger partial charge in [-0.15, -0.1) is 0 Å². The number of halogens is 5. The fourth-order valence-electron chi connectivity index (χ4n) is 2.13. The Balaban J connectivity index is 1.92. The highest BCUT2D eigenvalue weighted by Gasteiger charge is 2.12. The number of rotatable bonds is 8. The number of anilines is 1. The van der Waals surface area contributed by atoms with Crippen LogP contribution in [-0.4, -0.2) is 32.2 Å². The average Bonchev–Trinajstić information content (AvgIpc) is 2.69. The summed E-state index contributed by atoms with van der Waals surface area (Å²) in [5.41, 5.74) is 0.665. The summed E-state index contributed by atoms with van der Waals surface area (Å²) in [4.78, 5) is 23.7. The average molecular weight is 481 g/mol. The molecular formula is C19H14Cl3F2NO5. The molecule has 30 heavy (non-hydrogen) atoms.